The van der Waals surface area contributed by atoms with Gasteiger partial charge in [0.05, 0.1) is 16.3 Å². The van der Waals surface area contributed by atoms with Gasteiger partial charge >= 0.3 is 5.97 Å². The molecule has 0 radical (unpaired) electrons. The van der Waals surface area contributed by atoms with Gasteiger partial charge in [-0.05, 0) is 62.1 Å². The van der Waals surface area contributed by atoms with Crippen molar-refractivity contribution >= 4 is 38.3 Å². The standard InChI is InChI=1S/C29H31N3O5S/c1-20-24-19-23(11-12-27(24)37-28(20)29(33)34)38(35,36)32(18-13-21-7-3-2-4-8-21)26-10-6-5-9-25(26)31-16-14-22(30)15-17-31/h2-12,19,22H,13-18,30H2,1H3,(H,33,34). The molecule has 1 aliphatic rings. The first-order valence-electron chi connectivity index (χ1n) is 12.7. The second kappa shape index (κ2) is 10.5. The van der Waals surface area contributed by atoms with Crippen LogP contribution < -0.4 is 14.9 Å². The van der Waals surface area contributed by atoms with Crippen LogP contribution >= 0.6 is 0 Å². The maximum absolute atomic E-state index is 14.3. The van der Waals surface area contributed by atoms with Gasteiger partial charge in [0.25, 0.3) is 10.0 Å². The molecule has 4 aromatic rings. The van der Waals surface area contributed by atoms with Gasteiger partial charge < -0.3 is 20.2 Å². The summed E-state index contributed by atoms with van der Waals surface area (Å²) in [4.78, 5) is 13.8. The molecular formula is C29H31N3O5S. The highest BCUT2D eigenvalue weighted by molar-refractivity contribution is 7.92. The Bertz CT molecular complexity index is 1560. The van der Waals surface area contributed by atoms with Crippen molar-refractivity contribution in [1.82, 2.24) is 0 Å². The Morgan fingerprint density at radius 2 is 1.74 bits per heavy atom. The van der Waals surface area contributed by atoms with Crippen molar-refractivity contribution in [3.05, 3.63) is 89.7 Å². The summed E-state index contributed by atoms with van der Waals surface area (Å²) in [5, 5.41) is 9.91. The highest BCUT2D eigenvalue weighted by Crippen LogP contribution is 2.36. The predicted octanol–water partition coefficient (Wildman–Crippen LogP) is 4.80. The summed E-state index contributed by atoms with van der Waals surface area (Å²) >= 11 is 0. The zero-order valence-electron chi connectivity index (χ0n) is 21.2. The van der Waals surface area contributed by atoms with E-state index in [1.165, 1.54) is 22.5 Å². The van der Waals surface area contributed by atoms with E-state index in [0.717, 1.165) is 37.2 Å². The van der Waals surface area contributed by atoms with Crippen LogP contribution in [0.25, 0.3) is 11.0 Å². The van der Waals surface area contributed by atoms with E-state index in [4.69, 9.17) is 10.2 Å². The van der Waals surface area contributed by atoms with E-state index in [9.17, 15) is 18.3 Å². The summed E-state index contributed by atoms with van der Waals surface area (Å²) in [6.07, 6.45) is 2.20. The largest absolute Gasteiger partial charge is 0.475 e. The van der Waals surface area contributed by atoms with Crippen LogP contribution in [0.4, 0.5) is 11.4 Å². The number of nitrogens with zero attached hydrogens (tertiary/aromatic N) is 2. The number of carboxylic acids is 1. The molecule has 0 atom stereocenters. The molecule has 0 spiro atoms. The van der Waals surface area contributed by atoms with Crippen LogP contribution in [0.1, 0.15) is 34.5 Å². The van der Waals surface area contributed by atoms with Crippen LogP contribution in [0.3, 0.4) is 0 Å². The van der Waals surface area contributed by atoms with Crippen LogP contribution in [0.15, 0.2) is 82.1 Å². The molecule has 1 aromatic heterocycles. The van der Waals surface area contributed by atoms with E-state index in [1.54, 1.807) is 6.92 Å². The molecule has 0 bridgehead atoms. The molecule has 3 N–H and O–H groups in total. The molecule has 1 aliphatic heterocycles. The number of hydrogen-bond acceptors (Lipinski definition) is 6. The monoisotopic (exact) mass is 533 g/mol. The Balaban J connectivity index is 1.59. The van der Waals surface area contributed by atoms with Crippen molar-refractivity contribution in [2.24, 2.45) is 5.73 Å². The van der Waals surface area contributed by atoms with Crippen molar-refractivity contribution in [2.45, 2.75) is 37.1 Å². The van der Waals surface area contributed by atoms with E-state index in [2.05, 4.69) is 4.90 Å². The minimum absolute atomic E-state index is 0.0781. The minimum atomic E-state index is -4.02. The summed E-state index contributed by atoms with van der Waals surface area (Å²) in [5.41, 5.74) is 9.34. The fraction of sp³-hybridized carbons (Fsp3) is 0.276. The number of sulfonamides is 1. The molecule has 5 rings (SSSR count). The minimum Gasteiger partial charge on any atom is -0.475 e. The van der Waals surface area contributed by atoms with E-state index < -0.39 is 16.0 Å². The fourth-order valence-corrected chi connectivity index (χ4v) is 6.53. The molecule has 8 nitrogen and oxygen atoms in total. The van der Waals surface area contributed by atoms with E-state index in [0.29, 0.717) is 28.6 Å². The number of aryl methyl sites for hydroxylation is 1. The maximum atomic E-state index is 14.3. The number of piperidine rings is 1. The van der Waals surface area contributed by atoms with Gasteiger partial charge in [0.1, 0.15) is 5.58 Å². The smallest absolute Gasteiger partial charge is 0.372 e. The van der Waals surface area contributed by atoms with Crippen LogP contribution in [0.2, 0.25) is 0 Å². The van der Waals surface area contributed by atoms with Gasteiger partial charge in [-0.25, -0.2) is 13.2 Å². The third-order valence-electron chi connectivity index (χ3n) is 7.17. The van der Waals surface area contributed by atoms with Crippen molar-refractivity contribution in [2.75, 3.05) is 28.8 Å². The fourth-order valence-electron chi connectivity index (χ4n) is 5.02. The van der Waals surface area contributed by atoms with Crippen molar-refractivity contribution in [1.29, 1.82) is 0 Å². The molecule has 1 saturated heterocycles. The van der Waals surface area contributed by atoms with E-state index in [-0.39, 0.29) is 23.2 Å². The molecule has 198 valence electrons. The number of furan rings is 1. The molecule has 1 fully saturated rings. The van der Waals surface area contributed by atoms with Gasteiger partial charge in [0, 0.05) is 36.6 Å². The van der Waals surface area contributed by atoms with Gasteiger partial charge in [-0.2, -0.15) is 0 Å². The first-order valence-corrected chi connectivity index (χ1v) is 14.1. The van der Waals surface area contributed by atoms with E-state index in [1.807, 2.05) is 54.6 Å². The SMILES string of the molecule is Cc1c(C(=O)O)oc2ccc(S(=O)(=O)N(CCc3ccccc3)c3ccccc3N3CCC(N)CC3)cc12. The molecule has 38 heavy (non-hydrogen) atoms. The third-order valence-corrected chi connectivity index (χ3v) is 8.98. The molecule has 3 aromatic carbocycles. The molecule has 2 heterocycles. The number of anilines is 2. The molecule has 0 saturated carbocycles. The second-order valence-electron chi connectivity index (χ2n) is 9.65. The lowest BCUT2D eigenvalue weighted by Crippen LogP contribution is -2.41. The van der Waals surface area contributed by atoms with Gasteiger partial charge in [-0.1, -0.05) is 42.5 Å². The predicted molar refractivity (Wildman–Crippen MR) is 148 cm³/mol. The Kier molecular flexibility index (Phi) is 7.14. The van der Waals surface area contributed by atoms with Crippen LogP contribution in [-0.4, -0.2) is 45.2 Å². The van der Waals surface area contributed by atoms with Gasteiger partial charge in [-0.3, -0.25) is 4.31 Å². The average molecular weight is 534 g/mol. The number of aromatic carboxylic acids is 1. The first-order chi connectivity index (χ1) is 18.3. The second-order valence-corrected chi connectivity index (χ2v) is 11.5. The summed E-state index contributed by atoms with van der Waals surface area (Å²) in [7, 11) is -4.02. The lowest BCUT2D eigenvalue weighted by atomic mass is 10.0. The summed E-state index contributed by atoms with van der Waals surface area (Å²) in [5.74, 6) is -1.38. The van der Waals surface area contributed by atoms with Crippen LogP contribution in [-0.2, 0) is 16.4 Å². The lowest BCUT2D eigenvalue weighted by molar-refractivity contribution is 0.0664. The van der Waals surface area contributed by atoms with Gasteiger partial charge in [0.2, 0.25) is 5.76 Å². The number of rotatable bonds is 8. The highest BCUT2D eigenvalue weighted by Gasteiger charge is 2.30. The summed E-state index contributed by atoms with van der Waals surface area (Å²) < 4.78 is 35.5. The van der Waals surface area contributed by atoms with Crippen LogP contribution in [0.5, 0.6) is 0 Å². The molecular weight excluding hydrogens is 502 g/mol. The zero-order chi connectivity index (χ0) is 26.9. The molecule has 0 aliphatic carbocycles. The number of benzene rings is 3. The third kappa shape index (κ3) is 4.99. The number of para-hydroxylation sites is 2. The number of carboxylic acid groups (broad SMARTS) is 1. The number of hydrogen-bond donors (Lipinski definition) is 2. The lowest BCUT2D eigenvalue weighted by Gasteiger charge is -2.35. The quantitative estimate of drug-likeness (QED) is 0.334. The van der Waals surface area contributed by atoms with E-state index >= 15 is 0 Å². The number of nitrogens with two attached hydrogens (primary N) is 1. The van der Waals surface area contributed by atoms with Gasteiger partial charge in [0.15, 0.2) is 0 Å². The Morgan fingerprint density at radius 3 is 2.45 bits per heavy atom. The Hall–Kier alpha value is -3.82. The number of fused-ring (bicyclic) bond motifs is 1. The summed E-state index contributed by atoms with van der Waals surface area (Å²) in [6.45, 7) is 3.36. The molecule has 0 amide bonds. The Labute approximate surface area is 222 Å². The normalized spacial score (nSPS) is 14.6. The maximum Gasteiger partial charge on any atom is 0.372 e. The highest BCUT2D eigenvalue weighted by atomic mass is 32.2. The molecule has 0 unspecified atom stereocenters. The summed E-state index contributed by atoms with van der Waals surface area (Å²) in [6, 6.07) is 22.0. The Morgan fingerprint density at radius 1 is 1.05 bits per heavy atom. The number of carbonyl (C=O) groups is 1. The average Bonchev–Trinajstić information content (AvgIpc) is 3.26. The van der Waals surface area contributed by atoms with Gasteiger partial charge in [-0.15, -0.1) is 0 Å². The molecule has 9 heteroatoms. The van der Waals surface area contributed by atoms with Crippen molar-refractivity contribution < 1.29 is 22.7 Å². The van der Waals surface area contributed by atoms with Crippen molar-refractivity contribution in [3.8, 4) is 0 Å². The zero-order valence-corrected chi connectivity index (χ0v) is 22.0. The van der Waals surface area contributed by atoms with Crippen molar-refractivity contribution in [3.63, 3.8) is 0 Å². The first kappa shape index (κ1) is 25.8. The van der Waals surface area contributed by atoms with Crippen LogP contribution in [0, 0.1) is 6.92 Å². The topological polar surface area (TPSA) is 117 Å².